The van der Waals surface area contributed by atoms with Gasteiger partial charge in [-0.3, -0.25) is 9.59 Å². The summed E-state index contributed by atoms with van der Waals surface area (Å²) in [5, 5.41) is 21.8. The molecule has 30 heavy (non-hydrogen) atoms. The molecule has 166 valence electrons. The Kier molecular flexibility index (Phi) is 4.89. The lowest BCUT2D eigenvalue weighted by Gasteiger charge is -2.62. The van der Waals surface area contributed by atoms with E-state index >= 15 is 0 Å². The fraction of sp³-hybridized carbons (Fsp3) is 0.840. The van der Waals surface area contributed by atoms with Crippen LogP contribution in [0.15, 0.2) is 11.6 Å². The van der Waals surface area contributed by atoms with E-state index in [1.54, 1.807) is 6.92 Å². The molecule has 4 saturated carbocycles. The van der Waals surface area contributed by atoms with Crippen molar-refractivity contribution in [2.24, 2.45) is 40.4 Å². The Morgan fingerprint density at radius 3 is 2.73 bits per heavy atom. The summed E-state index contributed by atoms with van der Waals surface area (Å²) >= 11 is 1.49. The van der Waals surface area contributed by atoms with Crippen LogP contribution in [-0.4, -0.2) is 38.6 Å². The van der Waals surface area contributed by atoms with Crippen LogP contribution >= 0.6 is 11.8 Å². The largest absolute Gasteiger partial charge is 0.396 e. The van der Waals surface area contributed by atoms with Crippen LogP contribution in [0.25, 0.3) is 0 Å². The second-order valence-electron chi connectivity index (χ2n) is 11.3. The molecular weight excluding hydrogens is 396 g/mol. The Labute approximate surface area is 184 Å². The molecule has 5 aliphatic carbocycles. The van der Waals surface area contributed by atoms with Crippen LogP contribution in [0.4, 0.5) is 0 Å². The lowest BCUT2D eigenvalue weighted by atomic mass is 9.45. The van der Waals surface area contributed by atoms with Crippen molar-refractivity contribution in [1.29, 1.82) is 0 Å². The first kappa shape index (κ1) is 21.2. The molecule has 5 aliphatic rings. The third kappa shape index (κ3) is 2.73. The van der Waals surface area contributed by atoms with Gasteiger partial charge in [0.2, 0.25) is 0 Å². The molecule has 0 aromatic carbocycles. The number of carbonyl (C=O) groups is 2. The van der Waals surface area contributed by atoms with E-state index in [4.69, 9.17) is 0 Å². The highest BCUT2D eigenvalue weighted by Crippen LogP contribution is 2.78. The molecule has 5 heteroatoms. The standard InChI is InChI=1S/C25H36O4S/c1-14(27)30-20-12-15-11-16(28)5-8-23(15,2)18-6-9-24(3)22(21(18)20)17-13-19(17)25(24,29)7-4-10-26/h11,17-22,26,29H,4-10,12-13H2,1-3H3/t17-,18+,19+,20-,21+,22+,23+,24+,25+/m1/s1. The zero-order valence-electron chi connectivity index (χ0n) is 18.5. The Morgan fingerprint density at radius 2 is 2.03 bits per heavy atom. The van der Waals surface area contributed by atoms with Gasteiger partial charge in [-0.05, 0) is 86.0 Å². The number of carbonyl (C=O) groups excluding carboxylic acids is 2. The Balaban J connectivity index is 1.56. The molecule has 0 radical (unpaired) electrons. The topological polar surface area (TPSA) is 74.6 Å². The Hall–Kier alpha value is -0.650. The summed E-state index contributed by atoms with van der Waals surface area (Å²) in [5.41, 5.74) is 0.530. The Bertz CT molecular complexity index is 807. The first-order valence-corrected chi connectivity index (χ1v) is 12.8. The number of thioether (sulfide) groups is 1. The minimum Gasteiger partial charge on any atom is -0.396 e. The first-order chi connectivity index (χ1) is 14.2. The van der Waals surface area contributed by atoms with E-state index in [-0.39, 0.29) is 33.6 Å². The average Bonchev–Trinajstić information content (AvgIpc) is 3.44. The van der Waals surface area contributed by atoms with Crippen molar-refractivity contribution in [1.82, 2.24) is 0 Å². The number of aliphatic hydroxyl groups excluding tert-OH is 1. The van der Waals surface area contributed by atoms with E-state index < -0.39 is 5.60 Å². The van der Waals surface area contributed by atoms with E-state index in [2.05, 4.69) is 13.8 Å². The molecule has 0 saturated heterocycles. The van der Waals surface area contributed by atoms with Crippen molar-refractivity contribution in [2.75, 3.05) is 6.61 Å². The molecule has 0 aromatic heterocycles. The minimum atomic E-state index is -0.680. The van der Waals surface area contributed by atoms with E-state index in [1.165, 1.54) is 17.3 Å². The molecule has 0 aromatic rings. The summed E-state index contributed by atoms with van der Waals surface area (Å²) in [6.45, 7) is 6.49. The molecule has 9 atom stereocenters. The molecule has 2 N–H and O–H groups in total. The molecule has 0 aliphatic heterocycles. The Morgan fingerprint density at radius 1 is 1.27 bits per heavy atom. The second-order valence-corrected chi connectivity index (χ2v) is 12.7. The van der Waals surface area contributed by atoms with Gasteiger partial charge in [0.15, 0.2) is 10.9 Å². The van der Waals surface area contributed by atoms with Crippen LogP contribution in [0.3, 0.4) is 0 Å². The average molecular weight is 433 g/mol. The van der Waals surface area contributed by atoms with Gasteiger partial charge < -0.3 is 10.2 Å². The van der Waals surface area contributed by atoms with Crippen LogP contribution in [0.5, 0.6) is 0 Å². The molecule has 4 nitrogen and oxygen atoms in total. The summed E-state index contributed by atoms with van der Waals surface area (Å²) in [5.74, 6) is 2.51. The summed E-state index contributed by atoms with van der Waals surface area (Å²) in [4.78, 5) is 24.4. The minimum absolute atomic E-state index is 0.0595. The lowest BCUT2D eigenvalue weighted by Crippen LogP contribution is -2.59. The maximum absolute atomic E-state index is 12.2. The molecule has 0 spiro atoms. The highest BCUT2D eigenvalue weighted by Gasteiger charge is 2.76. The zero-order valence-corrected chi connectivity index (χ0v) is 19.3. The first-order valence-electron chi connectivity index (χ1n) is 11.9. The lowest BCUT2D eigenvalue weighted by molar-refractivity contribution is -0.151. The van der Waals surface area contributed by atoms with Crippen LogP contribution in [0, 0.1) is 40.4 Å². The van der Waals surface area contributed by atoms with Crippen LogP contribution in [-0.2, 0) is 9.59 Å². The van der Waals surface area contributed by atoms with Gasteiger partial charge in [-0.1, -0.05) is 31.2 Å². The van der Waals surface area contributed by atoms with Crippen molar-refractivity contribution in [2.45, 2.75) is 83.0 Å². The van der Waals surface area contributed by atoms with Gasteiger partial charge in [0.1, 0.15) is 0 Å². The summed E-state index contributed by atoms with van der Waals surface area (Å²) in [6, 6.07) is 0. The zero-order chi connectivity index (χ0) is 21.5. The second kappa shape index (κ2) is 6.92. The quantitative estimate of drug-likeness (QED) is 0.698. The number of fused-ring (bicyclic) bond motifs is 7. The number of allylic oxidation sites excluding steroid dienone is 1. The van der Waals surface area contributed by atoms with Gasteiger partial charge in [-0.25, -0.2) is 0 Å². The van der Waals surface area contributed by atoms with Crippen molar-refractivity contribution in [3.05, 3.63) is 11.6 Å². The van der Waals surface area contributed by atoms with Crippen molar-refractivity contribution in [3.63, 3.8) is 0 Å². The van der Waals surface area contributed by atoms with Gasteiger partial charge in [-0.2, -0.15) is 0 Å². The highest BCUT2D eigenvalue weighted by molar-refractivity contribution is 8.14. The van der Waals surface area contributed by atoms with Gasteiger partial charge in [0, 0.05) is 30.6 Å². The van der Waals surface area contributed by atoms with Crippen molar-refractivity contribution < 1.29 is 19.8 Å². The van der Waals surface area contributed by atoms with Gasteiger partial charge in [0.05, 0.1) is 5.60 Å². The molecular formula is C25H36O4S. The SMILES string of the molecule is CC(=O)S[C@@H]1CC2=CC(=O)CC[C@]2(C)[C@H]2CC[C@@]3(C)[C@@H]([C@@H]4C[C@@H]4[C@@]3(O)CCCO)[C@H]12. The number of aliphatic hydroxyl groups is 2. The number of ketones is 1. The van der Waals surface area contributed by atoms with E-state index in [0.717, 1.165) is 32.1 Å². The van der Waals surface area contributed by atoms with Crippen molar-refractivity contribution >= 4 is 22.7 Å². The fourth-order valence-electron chi connectivity index (χ4n) is 8.77. The smallest absolute Gasteiger partial charge is 0.186 e. The summed E-state index contributed by atoms with van der Waals surface area (Å²) in [7, 11) is 0. The third-order valence-electron chi connectivity index (χ3n) is 10.2. The summed E-state index contributed by atoms with van der Waals surface area (Å²) in [6.07, 6.45) is 8.86. The van der Waals surface area contributed by atoms with Gasteiger partial charge >= 0.3 is 0 Å². The predicted molar refractivity (Wildman–Crippen MR) is 118 cm³/mol. The summed E-state index contributed by atoms with van der Waals surface area (Å²) < 4.78 is 0. The molecule has 0 heterocycles. The molecule has 0 bridgehead atoms. The van der Waals surface area contributed by atoms with Crippen molar-refractivity contribution in [3.8, 4) is 0 Å². The van der Waals surface area contributed by atoms with Crippen LogP contribution in [0.2, 0.25) is 0 Å². The molecule has 0 amide bonds. The maximum atomic E-state index is 12.2. The van der Waals surface area contributed by atoms with E-state index in [9.17, 15) is 19.8 Å². The monoisotopic (exact) mass is 432 g/mol. The van der Waals surface area contributed by atoms with Crippen LogP contribution < -0.4 is 0 Å². The molecule has 4 fully saturated rings. The van der Waals surface area contributed by atoms with Crippen LogP contribution in [0.1, 0.15) is 72.1 Å². The number of hydrogen-bond donors (Lipinski definition) is 2. The molecule has 0 unspecified atom stereocenters. The van der Waals surface area contributed by atoms with Gasteiger partial charge in [-0.15, -0.1) is 0 Å². The number of hydrogen-bond acceptors (Lipinski definition) is 5. The fourth-order valence-corrected chi connectivity index (χ4v) is 9.97. The maximum Gasteiger partial charge on any atom is 0.186 e. The highest BCUT2D eigenvalue weighted by atomic mass is 32.2. The molecule has 5 rings (SSSR count). The normalized spacial score (nSPS) is 51.4. The number of rotatable bonds is 4. The van der Waals surface area contributed by atoms with E-state index in [0.29, 0.717) is 48.9 Å². The van der Waals surface area contributed by atoms with E-state index in [1.807, 2.05) is 6.08 Å². The predicted octanol–water partition coefficient (Wildman–Crippen LogP) is 4.14. The third-order valence-corrected chi connectivity index (χ3v) is 11.3. The van der Waals surface area contributed by atoms with Gasteiger partial charge in [0.25, 0.3) is 0 Å².